The molecule has 1 aromatic rings. The number of carbonyl (C=O) groups excluding carboxylic acids is 1. The van der Waals surface area contributed by atoms with Crippen LogP contribution in [0, 0.1) is 5.82 Å². The minimum atomic E-state index is -0.252. The van der Waals surface area contributed by atoms with Gasteiger partial charge in [-0.1, -0.05) is 0 Å². The summed E-state index contributed by atoms with van der Waals surface area (Å²) in [6.07, 6.45) is 0.840. The normalized spacial score (nSPS) is 15.1. The van der Waals surface area contributed by atoms with Gasteiger partial charge in [0.15, 0.2) is 0 Å². The largest absolute Gasteiger partial charge is 0.325 e. The Morgan fingerprint density at radius 1 is 1.38 bits per heavy atom. The molecule has 1 aromatic carbocycles. The smallest absolute Gasteiger partial charge is 0.224 e. The van der Waals surface area contributed by atoms with Crippen molar-refractivity contribution in [3.05, 3.63) is 28.0 Å². The van der Waals surface area contributed by atoms with Gasteiger partial charge in [0.1, 0.15) is 5.82 Å². The summed E-state index contributed by atoms with van der Waals surface area (Å²) >= 11 is 3.26. The standard InChI is InChI=1S/C9H7BrFNO/c10-6-2-3-7(11)5-1-4-8(13)12-9(5)6/h2-3H,1,4H2,(H,12,13). The lowest BCUT2D eigenvalue weighted by Crippen LogP contribution is -2.20. The highest BCUT2D eigenvalue weighted by Gasteiger charge is 2.19. The van der Waals surface area contributed by atoms with Crippen molar-refractivity contribution in [1.82, 2.24) is 0 Å². The Hall–Kier alpha value is -0.900. The van der Waals surface area contributed by atoms with Crippen LogP contribution in [-0.2, 0) is 11.2 Å². The van der Waals surface area contributed by atoms with Crippen LogP contribution in [0.5, 0.6) is 0 Å². The van der Waals surface area contributed by atoms with Crippen LogP contribution in [0.2, 0.25) is 0 Å². The zero-order chi connectivity index (χ0) is 9.42. The van der Waals surface area contributed by atoms with Crippen LogP contribution in [-0.4, -0.2) is 5.91 Å². The van der Waals surface area contributed by atoms with Crippen LogP contribution in [0.25, 0.3) is 0 Å². The fourth-order valence-electron chi connectivity index (χ4n) is 1.41. The lowest BCUT2D eigenvalue weighted by atomic mass is 10.0. The van der Waals surface area contributed by atoms with Crippen molar-refractivity contribution in [1.29, 1.82) is 0 Å². The van der Waals surface area contributed by atoms with Crippen LogP contribution in [0.15, 0.2) is 16.6 Å². The van der Waals surface area contributed by atoms with Gasteiger partial charge in [-0.05, 0) is 34.5 Å². The molecule has 1 heterocycles. The predicted octanol–water partition coefficient (Wildman–Crippen LogP) is 2.47. The van der Waals surface area contributed by atoms with Gasteiger partial charge in [-0.25, -0.2) is 4.39 Å². The van der Waals surface area contributed by atoms with Gasteiger partial charge in [-0.3, -0.25) is 4.79 Å². The molecule has 0 saturated carbocycles. The summed E-state index contributed by atoms with van der Waals surface area (Å²) < 4.78 is 13.9. The van der Waals surface area contributed by atoms with E-state index in [1.807, 2.05) is 0 Å². The van der Waals surface area contributed by atoms with Crippen molar-refractivity contribution in [2.75, 3.05) is 5.32 Å². The molecule has 1 aliphatic heterocycles. The van der Waals surface area contributed by atoms with E-state index in [0.29, 0.717) is 24.1 Å². The van der Waals surface area contributed by atoms with Gasteiger partial charge < -0.3 is 5.32 Å². The van der Waals surface area contributed by atoms with E-state index >= 15 is 0 Å². The third-order valence-corrected chi connectivity index (χ3v) is 2.73. The number of amides is 1. The second kappa shape index (κ2) is 3.10. The monoisotopic (exact) mass is 243 g/mol. The number of rotatable bonds is 0. The molecule has 0 atom stereocenters. The van der Waals surface area contributed by atoms with Crippen molar-refractivity contribution in [2.45, 2.75) is 12.8 Å². The second-order valence-electron chi connectivity index (χ2n) is 2.93. The maximum Gasteiger partial charge on any atom is 0.224 e. The molecular formula is C9H7BrFNO. The molecule has 4 heteroatoms. The summed E-state index contributed by atoms with van der Waals surface area (Å²) in [4.78, 5) is 11.0. The number of carbonyl (C=O) groups is 1. The van der Waals surface area contributed by atoms with E-state index in [-0.39, 0.29) is 11.7 Å². The molecule has 1 amide bonds. The van der Waals surface area contributed by atoms with Crippen LogP contribution in [0.1, 0.15) is 12.0 Å². The van der Waals surface area contributed by atoms with E-state index in [1.54, 1.807) is 6.07 Å². The van der Waals surface area contributed by atoms with Crippen molar-refractivity contribution in [3.8, 4) is 0 Å². The third-order valence-electron chi connectivity index (χ3n) is 2.07. The number of nitrogens with one attached hydrogen (secondary N) is 1. The fourth-order valence-corrected chi connectivity index (χ4v) is 1.88. The Morgan fingerprint density at radius 3 is 2.92 bits per heavy atom. The van der Waals surface area contributed by atoms with E-state index in [0.717, 1.165) is 4.47 Å². The molecule has 0 bridgehead atoms. The molecule has 68 valence electrons. The Bertz CT molecular complexity index is 378. The van der Waals surface area contributed by atoms with Gasteiger partial charge in [-0.2, -0.15) is 0 Å². The highest BCUT2D eigenvalue weighted by Crippen LogP contribution is 2.32. The Morgan fingerprint density at radius 2 is 2.15 bits per heavy atom. The maximum atomic E-state index is 13.2. The van der Waals surface area contributed by atoms with Crippen molar-refractivity contribution < 1.29 is 9.18 Å². The molecule has 2 nitrogen and oxygen atoms in total. The molecule has 0 aliphatic carbocycles. The fraction of sp³-hybridized carbons (Fsp3) is 0.222. The number of benzene rings is 1. The van der Waals surface area contributed by atoms with Crippen LogP contribution < -0.4 is 5.32 Å². The maximum absolute atomic E-state index is 13.2. The summed E-state index contributed by atoms with van der Waals surface area (Å²) in [5.74, 6) is -0.308. The van der Waals surface area contributed by atoms with Crippen molar-refractivity contribution >= 4 is 27.5 Å². The number of anilines is 1. The topological polar surface area (TPSA) is 29.1 Å². The molecule has 0 aromatic heterocycles. The lowest BCUT2D eigenvalue weighted by molar-refractivity contribution is -0.116. The van der Waals surface area contributed by atoms with Crippen molar-refractivity contribution in [3.63, 3.8) is 0 Å². The van der Waals surface area contributed by atoms with Crippen molar-refractivity contribution in [2.24, 2.45) is 0 Å². The van der Waals surface area contributed by atoms with Gasteiger partial charge >= 0.3 is 0 Å². The molecule has 0 unspecified atom stereocenters. The predicted molar refractivity (Wildman–Crippen MR) is 51.1 cm³/mol. The average molecular weight is 244 g/mol. The number of halogens is 2. The van der Waals surface area contributed by atoms with Gasteiger partial charge in [0, 0.05) is 16.5 Å². The summed E-state index contributed by atoms with van der Waals surface area (Å²) in [6, 6.07) is 3.00. The molecule has 2 rings (SSSR count). The number of hydrogen-bond donors (Lipinski definition) is 1. The Balaban J connectivity index is 2.57. The van der Waals surface area contributed by atoms with Gasteiger partial charge in [-0.15, -0.1) is 0 Å². The second-order valence-corrected chi connectivity index (χ2v) is 3.79. The zero-order valence-electron chi connectivity index (χ0n) is 6.73. The van der Waals surface area contributed by atoms with E-state index in [9.17, 15) is 9.18 Å². The first kappa shape index (κ1) is 8.69. The molecular weight excluding hydrogens is 237 g/mol. The molecule has 1 N–H and O–H groups in total. The minimum absolute atomic E-state index is 0.0567. The van der Waals surface area contributed by atoms with Gasteiger partial charge in [0.05, 0.1) is 5.69 Å². The van der Waals surface area contributed by atoms with E-state index in [1.165, 1.54) is 6.07 Å². The number of fused-ring (bicyclic) bond motifs is 1. The van der Waals surface area contributed by atoms with E-state index < -0.39 is 0 Å². The molecule has 0 spiro atoms. The average Bonchev–Trinajstić information content (AvgIpc) is 2.12. The summed E-state index contributed by atoms with van der Waals surface area (Å²) in [6.45, 7) is 0. The quantitative estimate of drug-likeness (QED) is 0.746. The lowest BCUT2D eigenvalue weighted by Gasteiger charge is -2.18. The molecule has 13 heavy (non-hydrogen) atoms. The Labute approximate surface area is 83.3 Å². The highest BCUT2D eigenvalue weighted by molar-refractivity contribution is 9.10. The summed E-state index contributed by atoms with van der Waals surface area (Å²) in [5, 5.41) is 2.64. The molecule has 0 fully saturated rings. The van der Waals surface area contributed by atoms with Crippen LogP contribution in [0.4, 0.5) is 10.1 Å². The van der Waals surface area contributed by atoms with Gasteiger partial charge in [0.25, 0.3) is 0 Å². The van der Waals surface area contributed by atoms with Crippen LogP contribution >= 0.6 is 15.9 Å². The molecule has 1 aliphatic rings. The number of hydrogen-bond acceptors (Lipinski definition) is 1. The first-order valence-electron chi connectivity index (χ1n) is 3.95. The minimum Gasteiger partial charge on any atom is -0.325 e. The Kier molecular flexibility index (Phi) is 2.07. The van der Waals surface area contributed by atoms with E-state index in [2.05, 4.69) is 21.2 Å². The highest BCUT2D eigenvalue weighted by atomic mass is 79.9. The molecule has 0 radical (unpaired) electrons. The SMILES string of the molecule is O=C1CCc2c(F)ccc(Br)c2N1. The van der Waals surface area contributed by atoms with Gasteiger partial charge in [0.2, 0.25) is 5.91 Å². The summed E-state index contributed by atoms with van der Waals surface area (Å²) in [7, 11) is 0. The zero-order valence-corrected chi connectivity index (χ0v) is 8.32. The van der Waals surface area contributed by atoms with E-state index in [4.69, 9.17) is 0 Å². The first-order chi connectivity index (χ1) is 6.18. The summed E-state index contributed by atoms with van der Waals surface area (Å²) in [5.41, 5.74) is 1.17. The third kappa shape index (κ3) is 1.46. The molecule has 0 saturated heterocycles. The van der Waals surface area contributed by atoms with Crippen LogP contribution in [0.3, 0.4) is 0 Å². The first-order valence-corrected chi connectivity index (χ1v) is 4.74.